The van der Waals surface area contributed by atoms with E-state index in [2.05, 4.69) is 28.2 Å². The number of para-hydroxylation sites is 1. The van der Waals surface area contributed by atoms with Crippen LogP contribution >= 0.6 is 27.5 Å². The molecule has 0 saturated carbocycles. The topological polar surface area (TPSA) is 21.3 Å². The average molecular weight is 355 g/mol. The van der Waals surface area contributed by atoms with Gasteiger partial charge in [0.1, 0.15) is 11.5 Å². The Morgan fingerprint density at radius 3 is 2.70 bits per heavy atom. The van der Waals surface area contributed by atoms with E-state index in [1.807, 2.05) is 42.5 Å². The molecule has 0 aliphatic heterocycles. The van der Waals surface area contributed by atoms with Crippen LogP contribution in [0, 0.1) is 0 Å². The number of rotatable bonds is 6. The normalized spacial score (nSPS) is 10.6. The highest BCUT2D eigenvalue weighted by molar-refractivity contribution is 9.10. The second-order valence-electron chi connectivity index (χ2n) is 4.46. The molecule has 0 atom stereocenters. The fourth-order valence-electron chi connectivity index (χ4n) is 1.82. The van der Waals surface area contributed by atoms with Crippen molar-refractivity contribution in [2.45, 2.75) is 19.9 Å². The van der Waals surface area contributed by atoms with Crippen molar-refractivity contribution in [2.75, 3.05) is 6.54 Å². The van der Waals surface area contributed by atoms with Crippen molar-refractivity contribution < 1.29 is 4.74 Å². The van der Waals surface area contributed by atoms with Gasteiger partial charge in [-0.15, -0.1) is 0 Å². The van der Waals surface area contributed by atoms with E-state index in [9.17, 15) is 0 Å². The molecule has 0 aliphatic carbocycles. The lowest BCUT2D eigenvalue weighted by Gasteiger charge is -2.13. The summed E-state index contributed by atoms with van der Waals surface area (Å²) in [6, 6.07) is 13.5. The Morgan fingerprint density at radius 1 is 1.15 bits per heavy atom. The minimum atomic E-state index is 0.672. The molecule has 0 heterocycles. The molecular weight excluding hydrogens is 338 g/mol. The molecular formula is C16H17BrClNO. The Hall–Kier alpha value is -1.03. The standard InChI is InChI=1S/C16H17BrClNO/c1-2-9-19-11-12-7-8-13(18)10-16(12)20-15-6-4-3-5-14(15)17/h3-8,10,19H,2,9,11H2,1H3. The summed E-state index contributed by atoms with van der Waals surface area (Å²) in [5.41, 5.74) is 1.10. The zero-order valence-corrected chi connectivity index (χ0v) is 13.7. The average Bonchev–Trinajstić information content (AvgIpc) is 2.44. The number of halogens is 2. The lowest BCUT2D eigenvalue weighted by Crippen LogP contribution is -2.14. The van der Waals surface area contributed by atoms with Gasteiger partial charge in [-0.1, -0.05) is 36.7 Å². The summed E-state index contributed by atoms with van der Waals surface area (Å²) in [7, 11) is 0. The third kappa shape index (κ3) is 4.23. The summed E-state index contributed by atoms with van der Waals surface area (Å²) in [6.07, 6.45) is 1.11. The van der Waals surface area contributed by atoms with Crippen LogP contribution in [0.4, 0.5) is 0 Å². The first-order valence-electron chi connectivity index (χ1n) is 6.62. The highest BCUT2D eigenvalue weighted by atomic mass is 79.9. The molecule has 0 aliphatic rings. The maximum Gasteiger partial charge on any atom is 0.141 e. The van der Waals surface area contributed by atoms with Gasteiger partial charge in [-0.05, 0) is 53.2 Å². The van der Waals surface area contributed by atoms with E-state index >= 15 is 0 Å². The van der Waals surface area contributed by atoms with Crippen LogP contribution in [0.25, 0.3) is 0 Å². The van der Waals surface area contributed by atoms with E-state index in [0.29, 0.717) is 5.02 Å². The van der Waals surface area contributed by atoms with Crippen molar-refractivity contribution in [2.24, 2.45) is 0 Å². The van der Waals surface area contributed by atoms with Crippen LogP contribution in [0.5, 0.6) is 11.5 Å². The first kappa shape index (κ1) is 15.4. The Labute approximate surface area is 133 Å². The van der Waals surface area contributed by atoms with Gasteiger partial charge in [-0.2, -0.15) is 0 Å². The molecule has 0 amide bonds. The lowest BCUT2D eigenvalue weighted by atomic mass is 10.2. The van der Waals surface area contributed by atoms with Gasteiger partial charge < -0.3 is 10.1 Å². The summed E-state index contributed by atoms with van der Waals surface area (Å²) in [6.45, 7) is 3.90. The molecule has 0 spiro atoms. The Morgan fingerprint density at radius 2 is 1.95 bits per heavy atom. The molecule has 0 aromatic heterocycles. The van der Waals surface area contributed by atoms with Crippen LogP contribution in [0.3, 0.4) is 0 Å². The summed E-state index contributed by atoms with van der Waals surface area (Å²) < 4.78 is 6.90. The third-order valence-electron chi connectivity index (χ3n) is 2.83. The van der Waals surface area contributed by atoms with Crippen molar-refractivity contribution in [1.82, 2.24) is 5.32 Å². The molecule has 0 radical (unpaired) electrons. The van der Waals surface area contributed by atoms with Crippen LogP contribution in [-0.2, 0) is 6.54 Å². The smallest absolute Gasteiger partial charge is 0.141 e. The van der Waals surface area contributed by atoms with Crippen molar-refractivity contribution in [1.29, 1.82) is 0 Å². The number of nitrogens with one attached hydrogen (secondary N) is 1. The predicted octanol–water partition coefficient (Wildman–Crippen LogP) is 5.39. The maximum atomic E-state index is 6.07. The van der Waals surface area contributed by atoms with Gasteiger partial charge in [-0.3, -0.25) is 0 Å². The van der Waals surface area contributed by atoms with Crippen molar-refractivity contribution in [3.8, 4) is 11.5 Å². The first-order chi connectivity index (χ1) is 9.70. The molecule has 20 heavy (non-hydrogen) atoms. The van der Waals surface area contributed by atoms with Gasteiger partial charge in [0, 0.05) is 17.1 Å². The molecule has 4 heteroatoms. The number of hydrogen-bond donors (Lipinski definition) is 1. The zero-order valence-electron chi connectivity index (χ0n) is 11.3. The molecule has 0 unspecified atom stereocenters. The monoisotopic (exact) mass is 353 g/mol. The van der Waals surface area contributed by atoms with Gasteiger partial charge in [0.25, 0.3) is 0 Å². The second kappa shape index (κ2) is 7.67. The molecule has 106 valence electrons. The zero-order chi connectivity index (χ0) is 14.4. The van der Waals surface area contributed by atoms with Gasteiger partial charge in [0.05, 0.1) is 4.47 Å². The first-order valence-corrected chi connectivity index (χ1v) is 7.79. The van der Waals surface area contributed by atoms with Crippen LogP contribution < -0.4 is 10.1 Å². The van der Waals surface area contributed by atoms with E-state index in [0.717, 1.165) is 41.0 Å². The molecule has 2 aromatic rings. The van der Waals surface area contributed by atoms with E-state index in [1.54, 1.807) is 0 Å². The maximum absolute atomic E-state index is 6.07. The quantitative estimate of drug-likeness (QED) is 0.702. The van der Waals surface area contributed by atoms with E-state index < -0.39 is 0 Å². The fraction of sp³-hybridized carbons (Fsp3) is 0.250. The second-order valence-corrected chi connectivity index (χ2v) is 5.75. The van der Waals surface area contributed by atoms with Crippen LogP contribution in [0.1, 0.15) is 18.9 Å². The highest BCUT2D eigenvalue weighted by Gasteiger charge is 2.08. The summed E-state index contributed by atoms with van der Waals surface area (Å²) in [4.78, 5) is 0. The van der Waals surface area contributed by atoms with Crippen molar-refractivity contribution in [3.63, 3.8) is 0 Å². The molecule has 2 rings (SSSR count). The van der Waals surface area contributed by atoms with E-state index in [4.69, 9.17) is 16.3 Å². The molecule has 1 N–H and O–H groups in total. The summed E-state index contributed by atoms with van der Waals surface area (Å²) in [5.74, 6) is 1.57. The number of benzene rings is 2. The fourth-order valence-corrected chi connectivity index (χ4v) is 2.34. The highest BCUT2D eigenvalue weighted by Crippen LogP contribution is 2.32. The van der Waals surface area contributed by atoms with E-state index in [-0.39, 0.29) is 0 Å². The SMILES string of the molecule is CCCNCc1ccc(Cl)cc1Oc1ccccc1Br. The van der Waals surface area contributed by atoms with Gasteiger partial charge in [0.2, 0.25) is 0 Å². The van der Waals surface area contributed by atoms with E-state index in [1.165, 1.54) is 0 Å². The van der Waals surface area contributed by atoms with Crippen LogP contribution in [0.15, 0.2) is 46.9 Å². The predicted molar refractivity (Wildman–Crippen MR) is 87.7 cm³/mol. The van der Waals surface area contributed by atoms with Crippen molar-refractivity contribution >= 4 is 27.5 Å². The molecule has 0 bridgehead atoms. The molecule has 2 aromatic carbocycles. The molecule has 2 nitrogen and oxygen atoms in total. The van der Waals surface area contributed by atoms with Crippen LogP contribution in [-0.4, -0.2) is 6.54 Å². The van der Waals surface area contributed by atoms with Gasteiger partial charge in [-0.25, -0.2) is 0 Å². The summed E-state index contributed by atoms with van der Waals surface area (Å²) >= 11 is 9.56. The van der Waals surface area contributed by atoms with Crippen molar-refractivity contribution in [3.05, 3.63) is 57.5 Å². The van der Waals surface area contributed by atoms with Gasteiger partial charge >= 0.3 is 0 Å². The lowest BCUT2D eigenvalue weighted by molar-refractivity contribution is 0.470. The Balaban J connectivity index is 2.21. The minimum absolute atomic E-state index is 0.672. The molecule has 0 saturated heterocycles. The summed E-state index contributed by atoms with van der Waals surface area (Å²) in [5, 5.41) is 4.05. The third-order valence-corrected chi connectivity index (χ3v) is 3.72. The minimum Gasteiger partial charge on any atom is -0.456 e. The Kier molecular flexibility index (Phi) is 5.89. The molecule has 0 fully saturated rings. The Bertz CT molecular complexity index is 574. The van der Waals surface area contributed by atoms with Crippen LogP contribution in [0.2, 0.25) is 5.02 Å². The largest absolute Gasteiger partial charge is 0.456 e. The van der Waals surface area contributed by atoms with Gasteiger partial charge in [0.15, 0.2) is 0 Å². The number of hydrogen-bond acceptors (Lipinski definition) is 2. The number of ether oxygens (including phenoxy) is 1.